The van der Waals surface area contributed by atoms with Crippen molar-refractivity contribution in [3.05, 3.63) is 17.7 Å². The predicted molar refractivity (Wildman–Crippen MR) is 49.4 cm³/mol. The molecule has 0 fully saturated rings. The first-order valence-corrected chi connectivity index (χ1v) is 5.58. The number of hydrogen-bond acceptors (Lipinski definition) is 4. The number of aromatic nitrogens is 2. The van der Waals surface area contributed by atoms with E-state index in [0.717, 1.165) is 0 Å². The van der Waals surface area contributed by atoms with Gasteiger partial charge in [-0.2, -0.15) is 0 Å². The number of nitrogens with zero attached hydrogens (tertiary/aromatic N) is 2. The first-order chi connectivity index (χ1) is 5.94. The standard InChI is InChI=1S/C7H9ClN2O2S/c1-5(2)13(11,12)6-3-9-7(8)10-4-6/h3-5H,1-2H3. The molecule has 4 nitrogen and oxygen atoms in total. The van der Waals surface area contributed by atoms with E-state index in [4.69, 9.17) is 11.6 Å². The highest BCUT2D eigenvalue weighted by Crippen LogP contribution is 2.14. The maximum Gasteiger partial charge on any atom is 0.222 e. The third-order valence-electron chi connectivity index (χ3n) is 1.55. The number of sulfone groups is 1. The molecule has 1 rings (SSSR count). The van der Waals surface area contributed by atoms with E-state index in [0.29, 0.717) is 0 Å². The second kappa shape index (κ2) is 3.59. The lowest BCUT2D eigenvalue weighted by molar-refractivity contribution is 0.586. The van der Waals surface area contributed by atoms with Gasteiger partial charge in [-0.1, -0.05) is 0 Å². The highest BCUT2D eigenvalue weighted by Gasteiger charge is 2.19. The van der Waals surface area contributed by atoms with Crippen LogP contribution >= 0.6 is 11.6 Å². The summed E-state index contributed by atoms with van der Waals surface area (Å²) in [4.78, 5) is 7.31. The van der Waals surface area contributed by atoms with E-state index in [1.165, 1.54) is 12.4 Å². The molecule has 0 N–H and O–H groups in total. The Balaban J connectivity index is 3.17. The van der Waals surface area contributed by atoms with E-state index in [1.807, 2.05) is 0 Å². The smallest absolute Gasteiger partial charge is 0.222 e. The molecule has 6 heteroatoms. The maximum atomic E-state index is 11.5. The fourth-order valence-corrected chi connectivity index (χ4v) is 1.76. The molecule has 0 atom stereocenters. The molecule has 0 aromatic carbocycles. The predicted octanol–water partition coefficient (Wildman–Crippen LogP) is 1.31. The van der Waals surface area contributed by atoms with Gasteiger partial charge in [0.15, 0.2) is 9.84 Å². The fraction of sp³-hybridized carbons (Fsp3) is 0.429. The van der Waals surface area contributed by atoms with Gasteiger partial charge in [-0.05, 0) is 25.4 Å². The molecule has 0 aliphatic carbocycles. The van der Waals surface area contributed by atoms with Crippen molar-refractivity contribution in [2.24, 2.45) is 0 Å². The summed E-state index contributed by atoms with van der Waals surface area (Å²) in [6.07, 6.45) is 2.43. The summed E-state index contributed by atoms with van der Waals surface area (Å²) in [5, 5.41) is -0.431. The lowest BCUT2D eigenvalue weighted by Crippen LogP contribution is -2.14. The van der Waals surface area contributed by atoms with Gasteiger partial charge in [-0.3, -0.25) is 0 Å². The second-order valence-electron chi connectivity index (χ2n) is 2.78. The van der Waals surface area contributed by atoms with Crippen LogP contribution in [-0.4, -0.2) is 23.6 Å². The number of halogens is 1. The van der Waals surface area contributed by atoms with Crippen LogP contribution in [-0.2, 0) is 9.84 Å². The Hall–Kier alpha value is -0.680. The third-order valence-corrected chi connectivity index (χ3v) is 3.85. The monoisotopic (exact) mass is 220 g/mol. The van der Waals surface area contributed by atoms with Crippen LogP contribution in [0.3, 0.4) is 0 Å². The SMILES string of the molecule is CC(C)S(=O)(=O)c1cnc(Cl)nc1. The van der Waals surface area contributed by atoms with E-state index in [2.05, 4.69) is 9.97 Å². The molecule has 0 unspecified atom stereocenters. The first-order valence-electron chi connectivity index (χ1n) is 3.66. The molecule has 1 aromatic rings. The molecule has 1 heterocycles. The summed E-state index contributed by atoms with van der Waals surface area (Å²) in [6.45, 7) is 3.20. The molecule has 0 aliphatic heterocycles. The van der Waals surface area contributed by atoms with Gasteiger partial charge >= 0.3 is 0 Å². The maximum absolute atomic E-state index is 11.5. The minimum absolute atomic E-state index is 0.0442. The topological polar surface area (TPSA) is 59.9 Å². The molecule has 0 radical (unpaired) electrons. The molecule has 0 amide bonds. The highest BCUT2D eigenvalue weighted by atomic mass is 35.5. The Morgan fingerprint density at radius 3 is 2.15 bits per heavy atom. The molecule has 0 bridgehead atoms. The Morgan fingerprint density at radius 2 is 1.77 bits per heavy atom. The van der Waals surface area contributed by atoms with Crippen molar-refractivity contribution in [3.8, 4) is 0 Å². The lowest BCUT2D eigenvalue weighted by Gasteiger charge is -2.05. The van der Waals surface area contributed by atoms with Crippen LogP contribution in [0.4, 0.5) is 0 Å². The first kappa shape index (κ1) is 10.4. The summed E-state index contributed by atoms with van der Waals surface area (Å²) < 4.78 is 23.0. The van der Waals surface area contributed by atoms with Crippen molar-refractivity contribution in [2.45, 2.75) is 24.0 Å². The van der Waals surface area contributed by atoms with Gasteiger partial charge in [0.2, 0.25) is 5.28 Å². The highest BCUT2D eigenvalue weighted by molar-refractivity contribution is 7.92. The van der Waals surface area contributed by atoms with Crippen LogP contribution in [0.25, 0.3) is 0 Å². The molecule has 0 saturated carbocycles. The van der Waals surface area contributed by atoms with Crippen LogP contribution in [0.1, 0.15) is 13.8 Å². The van der Waals surface area contributed by atoms with Crippen LogP contribution in [0.5, 0.6) is 0 Å². The molecular formula is C7H9ClN2O2S. The Morgan fingerprint density at radius 1 is 1.31 bits per heavy atom. The van der Waals surface area contributed by atoms with E-state index in [-0.39, 0.29) is 10.2 Å². The third kappa shape index (κ3) is 2.16. The van der Waals surface area contributed by atoms with E-state index < -0.39 is 15.1 Å². The van der Waals surface area contributed by atoms with E-state index >= 15 is 0 Å². The van der Waals surface area contributed by atoms with Crippen LogP contribution in [0.2, 0.25) is 5.28 Å². The summed E-state index contributed by atoms with van der Waals surface area (Å²) in [5.74, 6) is 0. The summed E-state index contributed by atoms with van der Waals surface area (Å²) >= 11 is 5.42. The largest absolute Gasteiger partial charge is 0.225 e. The van der Waals surface area contributed by atoms with Crippen LogP contribution in [0, 0.1) is 0 Å². The summed E-state index contributed by atoms with van der Waals surface area (Å²) in [5.41, 5.74) is 0. The Kier molecular flexibility index (Phi) is 2.87. The van der Waals surface area contributed by atoms with Crippen molar-refractivity contribution in [1.82, 2.24) is 9.97 Å². The van der Waals surface area contributed by atoms with Gasteiger partial charge in [0.1, 0.15) is 4.90 Å². The van der Waals surface area contributed by atoms with Crippen molar-refractivity contribution >= 4 is 21.4 Å². The van der Waals surface area contributed by atoms with Crippen LogP contribution < -0.4 is 0 Å². The molecule has 1 aromatic heterocycles. The zero-order valence-corrected chi connectivity index (χ0v) is 8.80. The summed E-state index contributed by atoms with van der Waals surface area (Å²) in [6, 6.07) is 0. The second-order valence-corrected chi connectivity index (χ2v) is 5.62. The van der Waals surface area contributed by atoms with Crippen molar-refractivity contribution in [3.63, 3.8) is 0 Å². The quantitative estimate of drug-likeness (QED) is 0.706. The zero-order chi connectivity index (χ0) is 10.1. The molecule has 0 saturated heterocycles. The Bertz CT molecular complexity index is 385. The average Bonchev–Trinajstić information content (AvgIpc) is 2.04. The minimum Gasteiger partial charge on any atom is -0.225 e. The van der Waals surface area contributed by atoms with E-state index in [1.54, 1.807) is 13.8 Å². The Labute approximate surface area is 81.9 Å². The van der Waals surface area contributed by atoms with Gasteiger partial charge in [0.05, 0.1) is 17.6 Å². The molecule has 0 spiro atoms. The fourth-order valence-electron chi connectivity index (χ4n) is 0.720. The van der Waals surface area contributed by atoms with Gasteiger partial charge in [-0.15, -0.1) is 0 Å². The van der Waals surface area contributed by atoms with Crippen molar-refractivity contribution in [1.29, 1.82) is 0 Å². The molecule has 13 heavy (non-hydrogen) atoms. The molecule has 0 aliphatic rings. The molecule has 72 valence electrons. The minimum atomic E-state index is -3.28. The number of hydrogen-bond donors (Lipinski definition) is 0. The van der Waals surface area contributed by atoms with Crippen molar-refractivity contribution < 1.29 is 8.42 Å². The normalized spacial score (nSPS) is 12.0. The average molecular weight is 221 g/mol. The lowest BCUT2D eigenvalue weighted by atomic mass is 10.6. The van der Waals surface area contributed by atoms with Crippen LogP contribution in [0.15, 0.2) is 17.3 Å². The van der Waals surface area contributed by atoms with E-state index in [9.17, 15) is 8.42 Å². The van der Waals surface area contributed by atoms with Crippen molar-refractivity contribution in [2.75, 3.05) is 0 Å². The summed E-state index contributed by atoms with van der Waals surface area (Å²) in [7, 11) is -3.28. The molecular weight excluding hydrogens is 212 g/mol. The van der Waals surface area contributed by atoms with Gasteiger partial charge in [0.25, 0.3) is 0 Å². The number of rotatable bonds is 2. The van der Waals surface area contributed by atoms with Gasteiger partial charge in [-0.25, -0.2) is 18.4 Å². The van der Waals surface area contributed by atoms with Gasteiger partial charge in [0, 0.05) is 0 Å². The van der Waals surface area contributed by atoms with Gasteiger partial charge < -0.3 is 0 Å². The zero-order valence-electron chi connectivity index (χ0n) is 7.23.